The third-order valence-corrected chi connectivity index (χ3v) is 3.58. The van der Waals surface area contributed by atoms with Crippen LogP contribution >= 0.6 is 11.8 Å². The van der Waals surface area contributed by atoms with Crippen LogP contribution in [0.1, 0.15) is 18.3 Å². The van der Waals surface area contributed by atoms with Crippen molar-refractivity contribution < 1.29 is 9.53 Å². The van der Waals surface area contributed by atoms with Gasteiger partial charge >= 0.3 is 0 Å². The maximum atomic E-state index is 12.4. The number of aromatic amines is 1. The van der Waals surface area contributed by atoms with Crippen LogP contribution in [0.5, 0.6) is 0 Å². The van der Waals surface area contributed by atoms with Crippen molar-refractivity contribution in [3.63, 3.8) is 0 Å². The van der Waals surface area contributed by atoms with Gasteiger partial charge in [-0.25, -0.2) is 0 Å². The Hall–Kier alpha value is -1.80. The zero-order chi connectivity index (χ0) is 15.1. The fraction of sp³-hybridized carbons (Fsp3) is 0.462. The van der Waals surface area contributed by atoms with Gasteiger partial charge in [0.05, 0.1) is 0 Å². The minimum atomic E-state index is -0.267. The largest absolute Gasteiger partial charge is 0.377 e. The van der Waals surface area contributed by atoms with Crippen LogP contribution in [0.2, 0.25) is 0 Å². The molecule has 2 aromatic heterocycles. The lowest BCUT2D eigenvalue weighted by atomic mass is 10.2. The predicted molar refractivity (Wildman–Crippen MR) is 82.2 cm³/mol. The Morgan fingerprint density at radius 3 is 2.95 bits per heavy atom. The zero-order valence-electron chi connectivity index (χ0n) is 12.1. The van der Waals surface area contributed by atoms with Crippen molar-refractivity contribution in [3.05, 3.63) is 30.4 Å². The summed E-state index contributed by atoms with van der Waals surface area (Å²) in [5.41, 5.74) is 0. The Morgan fingerprint density at radius 1 is 1.52 bits per heavy atom. The molecule has 8 heteroatoms. The summed E-state index contributed by atoms with van der Waals surface area (Å²) in [6.45, 7) is 0.330. The summed E-state index contributed by atoms with van der Waals surface area (Å²) in [5.74, 6) is 1.63. The molecule has 0 unspecified atom stereocenters. The Balaban J connectivity index is 2.03. The quantitative estimate of drug-likeness (QED) is 0.775. The summed E-state index contributed by atoms with van der Waals surface area (Å²) in [7, 11) is 1.57. The lowest BCUT2D eigenvalue weighted by molar-refractivity contribution is -0.119. The highest BCUT2D eigenvalue weighted by Crippen LogP contribution is 2.16. The van der Waals surface area contributed by atoms with Gasteiger partial charge in [-0.05, 0) is 30.6 Å². The van der Waals surface area contributed by atoms with E-state index in [4.69, 9.17) is 4.74 Å². The van der Waals surface area contributed by atoms with E-state index in [2.05, 4.69) is 20.5 Å². The first-order chi connectivity index (χ1) is 10.2. The van der Waals surface area contributed by atoms with Gasteiger partial charge in [-0.15, -0.1) is 5.10 Å². The van der Waals surface area contributed by atoms with E-state index in [0.717, 1.165) is 12.2 Å². The second kappa shape index (κ2) is 7.84. The number of rotatable bonds is 8. The maximum Gasteiger partial charge on any atom is 0.249 e. The van der Waals surface area contributed by atoms with Gasteiger partial charge < -0.3 is 9.30 Å². The van der Waals surface area contributed by atoms with Crippen molar-refractivity contribution in [2.75, 3.05) is 24.4 Å². The van der Waals surface area contributed by atoms with Crippen LogP contribution in [0.4, 0.5) is 5.95 Å². The van der Waals surface area contributed by atoms with Crippen LogP contribution in [0, 0.1) is 0 Å². The number of thioether (sulfide) groups is 1. The molecule has 0 fully saturated rings. The molecule has 0 bridgehead atoms. The molecule has 2 rings (SSSR count). The van der Waals surface area contributed by atoms with Gasteiger partial charge in [0.25, 0.3) is 0 Å². The lowest BCUT2D eigenvalue weighted by Gasteiger charge is -2.17. The molecule has 21 heavy (non-hydrogen) atoms. The smallest absolute Gasteiger partial charge is 0.249 e. The summed E-state index contributed by atoms with van der Waals surface area (Å²) < 4.78 is 6.85. The number of hydrogen-bond donors (Lipinski definition) is 2. The van der Waals surface area contributed by atoms with E-state index in [-0.39, 0.29) is 17.9 Å². The van der Waals surface area contributed by atoms with Crippen LogP contribution in [0.25, 0.3) is 0 Å². The Morgan fingerprint density at radius 2 is 2.29 bits per heavy atom. The van der Waals surface area contributed by atoms with Crippen molar-refractivity contribution in [2.45, 2.75) is 19.1 Å². The van der Waals surface area contributed by atoms with Gasteiger partial charge in [0.2, 0.25) is 11.9 Å². The topological polar surface area (TPSA) is 84.8 Å². The maximum absolute atomic E-state index is 12.4. The number of amides is 1. The Labute approximate surface area is 127 Å². The number of methoxy groups -OCH3 is 1. The number of carbonyl (C=O) groups is 1. The first-order valence-corrected chi connectivity index (χ1v) is 7.96. The summed E-state index contributed by atoms with van der Waals surface area (Å²) in [5, 5.41) is 9.41. The van der Waals surface area contributed by atoms with E-state index in [1.807, 2.05) is 35.3 Å². The molecule has 114 valence electrons. The van der Waals surface area contributed by atoms with Crippen molar-refractivity contribution in [3.8, 4) is 0 Å². The molecule has 1 atom stereocenters. The summed E-state index contributed by atoms with van der Waals surface area (Å²) in [4.78, 5) is 16.6. The molecule has 1 amide bonds. The van der Waals surface area contributed by atoms with Crippen molar-refractivity contribution in [1.82, 2.24) is 19.7 Å². The number of carbonyl (C=O) groups excluding carboxylic acids is 1. The minimum Gasteiger partial charge on any atom is -0.377 e. The Kier molecular flexibility index (Phi) is 5.82. The molecule has 0 aromatic carbocycles. The highest BCUT2D eigenvalue weighted by Gasteiger charge is 2.20. The molecular weight excluding hydrogens is 290 g/mol. The summed E-state index contributed by atoms with van der Waals surface area (Å²) >= 11 is 1.71. The van der Waals surface area contributed by atoms with E-state index >= 15 is 0 Å². The van der Waals surface area contributed by atoms with Crippen LogP contribution in [0.3, 0.4) is 0 Å². The number of ether oxygens (including phenoxy) is 1. The molecule has 0 saturated heterocycles. The first kappa shape index (κ1) is 15.6. The van der Waals surface area contributed by atoms with Gasteiger partial charge in [0, 0.05) is 19.5 Å². The van der Waals surface area contributed by atoms with E-state index in [1.54, 1.807) is 18.9 Å². The molecule has 0 aliphatic rings. The van der Waals surface area contributed by atoms with Crippen LogP contribution < -0.4 is 5.32 Å². The van der Waals surface area contributed by atoms with Crippen molar-refractivity contribution in [1.29, 1.82) is 0 Å². The number of anilines is 1. The lowest BCUT2D eigenvalue weighted by Crippen LogP contribution is -2.26. The van der Waals surface area contributed by atoms with E-state index in [0.29, 0.717) is 12.4 Å². The normalized spacial score (nSPS) is 12.3. The third-order valence-electron chi connectivity index (χ3n) is 2.93. The zero-order valence-corrected chi connectivity index (χ0v) is 12.9. The molecule has 0 radical (unpaired) electrons. The SMILES string of the molecule is COCc1nc(NC(=O)[C@H](CCSC)n2cccc2)n[nH]1. The summed E-state index contributed by atoms with van der Waals surface area (Å²) in [6.07, 6.45) is 6.55. The molecule has 2 N–H and O–H groups in total. The Bertz CT molecular complexity index is 555. The van der Waals surface area contributed by atoms with Crippen LogP contribution in [-0.2, 0) is 16.1 Å². The average Bonchev–Trinajstić information content (AvgIpc) is 3.12. The molecule has 2 aromatic rings. The number of aromatic nitrogens is 4. The first-order valence-electron chi connectivity index (χ1n) is 6.57. The van der Waals surface area contributed by atoms with Gasteiger partial charge in [0.15, 0.2) is 5.82 Å². The second-order valence-corrected chi connectivity index (χ2v) is 5.44. The van der Waals surface area contributed by atoms with Crippen LogP contribution in [-0.4, -0.2) is 44.8 Å². The highest BCUT2D eigenvalue weighted by atomic mass is 32.2. The number of nitrogens with one attached hydrogen (secondary N) is 2. The molecule has 2 heterocycles. The molecule has 7 nitrogen and oxygen atoms in total. The number of hydrogen-bond acceptors (Lipinski definition) is 5. The predicted octanol–water partition coefficient (Wildman–Crippen LogP) is 1.69. The molecular formula is C13H19N5O2S. The number of nitrogens with zero attached hydrogens (tertiary/aromatic N) is 3. The van der Waals surface area contributed by atoms with Gasteiger partial charge in [-0.1, -0.05) is 0 Å². The standard InChI is InChI=1S/C13H19N5O2S/c1-20-9-11-14-13(17-16-11)15-12(19)10(5-8-21-2)18-6-3-4-7-18/h3-4,6-7,10H,5,8-9H2,1-2H3,(H2,14,15,16,17,19)/t10-/m0/s1. The second-order valence-electron chi connectivity index (χ2n) is 4.46. The van der Waals surface area contributed by atoms with Gasteiger partial charge in [-0.3, -0.25) is 15.2 Å². The van der Waals surface area contributed by atoms with Crippen molar-refractivity contribution >= 4 is 23.6 Å². The van der Waals surface area contributed by atoms with Crippen molar-refractivity contribution in [2.24, 2.45) is 0 Å². The molecule has 0 spiro atoms. The fourth-order valence-electron chi connectivity index (χ4n) is 1.95. The minimum absolute atomic E-state index is 0.122. The third kappa shape index (κ3) is 4.33. The van der Waals surface area contributed by atoms with Gasteiger partial charge in [0.1, 0.15) is 12.6 Å². The highest BCUT2D eigenvalue weighted by molar-refractivity contribution is 7.98. The molecule has 0 saturated carbocycles. The summed E-state index contributed by atoms with van der Waals surface area (Å²) in [6, 6.07) is 3.54. The van der Waals surface area contributed by atoms with E-state index in [1.165, 1.54) is 0 Å². The average molecular weight is 309 g/mol. The van der Waals surface area contributed by atoms with E-state index < -0.39 is 0 Å². The van der Waals surface area contributed by atoms with E-state index in [9.17, 15) is 4.79 Å². The number of H-pyrrole nitrogens is 1. The van der Waals surface area contributed by atoms with Gasteiger partial charge in [-0.2, -0.15) is 16.7 Å². The van der Waals surface area contributed by atoms with Crippen LogP contribution in [0.15, 0.2) is 24.5 Å². The molecule has 0 aliphatic carbocycles. The molecule has 0 aliphatic heterocycles. The monoisotopic (exact) mass is 309 g/mol. The fourth-order valence-corrected chi connectivity index (χ4v) is 2.41.